The van der Waals surface area contributed by atoms with Crippen LogP contribution in [0.25, 0.3) is 0 Å². The van der Waals surface area contributed by atoms with Gasteiger partial charge in [-0.1, -0.05) is 35.5 Å². The largest absolute Gasteiger partial charge is 0.463 e. The summed E-state index contributed by atoms with van der Waals surface area (Å²) in [6.45, 7) is 3.80. The quantitative estimate of drug-likeness (QED) is 0.769. The summed E-state index contributed by atoms with van der Waals surface area (Å²) in [6.07, 6.45) is 0.420. The molecule has 0 aliphatic carbocycles. The Hall–Kier alpha value is -1.79. The van der Waals surface area contributed by atoms with E-state index in [4.69, 9.17) is 16.3 Å². The second-order valence-corrected chi connectivity index (χ2v) is 6.93. The fourth-order valence-corrected chi connectivity index (χ4v) is 3.96. The highest BCUT2D eigenvalue weighted by molar-refractivity contribution is 8.14. The molecule has 2 aliphatic heterocycles. The molecule has 0 bridgehead atoms. The second-order valence-electron chi connectivity index (χ2n) is 5.43. The van der Waals surface area contributed by atoms with E-state index in [1.807, 2.05) is 12.1 Å². The number of aliphatic imine (C=N–C) groups is 1. The van der Waals surface area contributed by atoms with Crippen molar-refractivity contribution in [1.29, 1.82) is 0 Å². The minimum Gasteiger partial charge on any atom is -0.463 e. The number of hydrogen-bond donors (Lipinski definition) is 0. The Labute approximate surface area is 149 Å². The molecule has 1 amide bonds. The number of fused-ring (bicyclic) bond motifs is 1. The topological polar surface area (TPSA) is 59.0 Å². The Morgan fingerprint density at radius 2 is 2.12 bits per heavy atom. The van der Waals surface area contributed by atoms with Gasteiger partial charge in [0.25, 0.3) is 0 Å². The van der Waals surface area contributed by atoms with E-state index in [0.717, 1.165) is 5.56 Å². The van der Waals surface area contributed by atoms with Gasteiger partial charge in [-0.15, -0.1) is 0 Å². The van der Waals surface area contributed by atoms with Gasteiger partial charge in [-0.25, -0.2) is 9.79 Å². The molecule has 2 aliphatic rings. The first-order chi connectivity index (χ1) is 11.5. The van der Waals surface area contributed by atoms with Crippen molar-refractivity contribution in [2.45, 2.75) is 26.3 Å². The summed E-state index contributed by atoms with van der Waals surface area (Å²) in [7, 11) is 0. The van der Waals surface area contributed by atoms with E-state index in [2.05, 4.69) is 4.99 Å². The maximum atomic E-state index is 12.5. The lowest BCUT2D eigenvalue weighted by Gasteiger charge is -2.38. The third-order valence-electron chi connectivity index (χ3n) is 3.89. The molecule has 0 saturated carbocycles. The van der Waals surface area contributed by atoms with E-state index in [-0.39, 0.29) is 12.5 Å². The number of allylic oxidation sites excluding steroid dienone is 1. The van der Waals surface area contributed by atoms with Crippen LogP contribution in [0.4, 0.5) is 0 Å². The van der Waals surface area contributed by atoms with Gasteiger partial charge in [0.1, 0.15) is 0 Å². The Morgan fingerprint density at radius 3 is 2.79 bits per heavy atom. The average Bonchev–Trinajstić information content (AvgIpc) is 2.55. The molecule has 7 heteroatoms. The van der Waals surface area contributed by atoms with E-state index >= 15 is 0 Å². The molecule has 5 nitrogen and oxygen atoms in total. The molecular weight excluding hydrogens is 348 g/mol. The molecule has 1 saturated heterocycles. The number of carbonyl (C=O) groups excluding carboxylic acids is 2. The normalized spacial score (nSPS) is 20.6. The SMILES string of the molecule is CCOC(=O)C1=C(C)N=C2SCCC(=O)N2C1c1ccc(Cl)cc1. The van der Waals surface area contributed by atoms with Gasteiger partial charge in [-0.3, -0.25) is 9.69 Å². The van der Waals surface area contributed by atoms with E-state index in [1.54, 1.807) is 30.9 Å². The van der Waals surface area contributed by atoms with E-state index in [9.17, 15) is 9.59 Å². The van der Waals surface area contributed by atoms with Crippen molar-refractivity contribution in [3.63, 3.8) is 0 Å². The van der Waals surface area contributed by atoms with Crippen LogP contribution in [0.3, 0.4) is 0 Å². The lowest BCUT2D eigenvalue weighted by Crippen LogP contribution is -2.45. The Balaban J connectivity index is 2.14. The Morgan fingerprint density at radius 1 is 1.42 bits per heavy atom. The third kappa shape index (κ3) is 3.08. The number of ether oxygens (including phenoxy) is 1. The van der Waals surface area contributed by atoms with Crippen LogP contribution in [0.1, 0.15) is 31.9 Å². The first-order valence-electron chi connectivity index (χ1n) is 7.69. The number of thioether (sulfide) groups is 1. The zero-order chi connectivity index (χ0) is 17.3. The van der Waals surface area contributed by atoms with Crippen molar-refractivity contribution >= 4 is 40.4 Å². The first kappa shape index (κ1) is 17.0. The summed E-state index contributed by atoms with van der Waals surface area (Å²) < 4.78 is 5.21. The molecule has 0 spiro atoms. The molecule has 1 fully saturated rings. The van der Waals surface area contributed by atoms with Crippen LogP contribution in [0, 0.1) is 0 Å². The highest BCUT2D eigenvalue weighted by Crippen LogP contribution is 2.40. The highest BCUT2D eigenvalue weighted by atomic mass is 35.5. The van der Waals surface area contributed by atoms with Crippen molar-refractivity contribution in [3.8, 4) is 0 Å². The van der Waals surface area contributed by atoms with Crippen LogP contribution in [0.15, 0.2) is 40.5 Å². The van der Waals surface area contributed by atoms with Crippen LogP contribution in [-0.2, 0) is 14.3 Å². The second kappa shape index (κ2) is 6.99. The number of carbonyl (C=O) groups is 2. The lowest BCUT2D eigenvalue weighted by molar-refractivity contribution is -0.139. The Bertz CT molecular complexity index is 743. The highest BCUT2D eigenvalue weighted by Gasteiger charge is 2.41. The molecule has 1 atom stereocenters. The fraction of sp³-hybridized carbons (Fsp3) is 0.353. The molecule has 0 N–H and O–H groups in total. The molecule has 0 aromatic heterocycles. The smallest absolute Gasteiger partial charge is 0.338 e. The number of amidine groups is 1. The molecular formula is C17H17ClN2O3S. The van der Waals surface area contributed by atoms with Crippen LogP contribution in [0.5, 0.6) is 0 Å². The van der Waals surface area contributed by atoms with Gasteiger partial charge < -0.3 is 4.74 Å². The molecule has 2 heterocycles. The van der Waals surface area contributed by atoms with Crippen LogP contribution >= 0.6 is 23.4 Å². The predicted molar refractivity (Wildman–Crippen MR) is 94.9 cm³/mol. The lowest BCUT2D eigenvalue weighted by atomic mass is 9.94. The van der Waals surface area contributed by atoms with Gasteiger partial charge in [0, 0.05) is 17.2 Å². The van der Waals surface area contributed by atoms with E-state index in [1.165, 1.54) is 11.8 Å². The molecule has 24 heavy (non-hydrogen) atoms. The minimum atomic E-state index is -0.533. The number of benzene rings is 1. The molecule has 3 rings (SSSR count). The maximum Gasteiger partial charge on any atom is 0.338 e. The number of nitrogens with zero attached hydrogens (tertiary/aromatic N) is 2. The number of esters is 1. The third-order valence-corrected chi connectivity index (χ3v) is 5.09. The molecule has 0 radical (unpaired) electrons. The minimum absolute atomic E-state index is 0.0400. The monoisotopic (exact) mass is 364 g/mol. The summed E-state index contributed by atoms with van der Waals surface area (Å²) >= 11 is 7.51. The fourth-order valence-electron chi connectivity index (χ4n) is 2.83. The molecule has 1 aromatic rings. The van der Waals surface area contributed by atoms with E-state index in [0.29, 0.717) is 33.6 Å². The van der Waals surface area contributed by atoms with Gasteiger partial charge in [0.15, 0.2) is 5.17 Å². The number of rotatable bonds is 3. The van der Waals surface area contributed by atoms with Gasteiger partial charge in [0.05, 0.1) is 23.9 Å². The van der Waals surface area contributed by atoms with Gasteiger partial charge in [0.2, 0.25) is 5.91 Å². The van der Waals surface area contributed by atoms with E-state index < -0.39 is 12.0 Å². The van der Waals surface area contributed by atoms with Crippen LogP contribution in [-0.4, -0.2) is 34.3 Å². The van der Waals surface area contributed by atoms with Crippen LogP contribution in [0.2, 0.25) is 5.02 Å². The van der Waals surface area contributed by atoms with Crippen molar-refractivity contribution in [1.82, 2.24) is 4.90 Å². The molecule has 126 valence electrons. The van der Waals surface area contributed by atoms with Crippen LogP contribution < -0.4 is 0 Å². The number of hydrogen-bond acceptors (Lipinski definition) is 5. The maximum absolute atomic E-state index is 12.5. The summed E-state index contributed by atoms with van der Waals surface area (Å²) in [6, 6.07) is 6.63. The molecule has 1 unspecified atom stereocenters. The zero-order valence-corrected chi connectivity index (χ0v) is 15.0. The summed E-state index contributed by atoms with van der Waals surface area (Å²) in [5.74, 6) is 0.214. The first-order valence-corrected chi connectivity index (χ1v) is 9.06. The number of halogens is 1. The standard InChI is InChI=1S/C17H17ClN2O3S/c1-3-23-16(22)14-10(2)19-17-20(13(21)8-9-24-17)15(14)11-4-6-12(18)7-5-11/h4-7,15H,3,8-9H2,1-2H3. The van der Waals surface area contributed by atoms with Crippen molar-refractivity contribution in [3.05, 3.63) is 46.1 Å². The van der Waals surface area contributed by atoms with Gasteiger partial charge in [-0.05, 0) is 31.5 Å². The average molecular weight is 365 g/mol. The van der Waals surface area contributed by atoms with Gasteiger partial charge >= 0.3 is 5.97 Å². The number of amides is 1. The van der Waals surface area contributed by atoms with Crippen molar-refractivity contribution in [2.75, 3.05) is 12.4 Å². The predicted octanol–water partition coefficient (Wildman–Crippen LogP) is 3.55. The Kier molecular flexibility index (Phi) is 4.96. The summed E-state index contributed by atoms with van der Waals surface area (Å²) in [5, 5.41) is 1.23. The van der Waals surface area contributed by atoms with Crippen molar-refractivity contribution in [2.24, 2.45) is 4.99 Å². The summed E-state index contributed by atoms with van der Waals surface area (Å²) in [4.78, 5) is 31.1. The van der Waals surface area contributed by atoms with Gasteiger partial charge in [-0.2, -0.15) is 0 Å². The molecule has 1 aromatic carbocycles. The van der Waals surface area contributed by atoms with Crippen molar-refractivity contribution < 1.29 is 14.3 Å². The summed E-state index contributed by atoms with van der Waals surface area (Å²) in [5.41, 5.74) is 1.80. The zero-order valence-electron chi connectivity index (χ0n) is 13.4.